The summed E-state index contributed by atoms with van der Waals surface area (Å²) in [5, 5.41) is 16.7. The zero-order valence-electron chi connectivity index (χ0n) is 36.3. The van der Waals surface area contributed by atoms with Crippen LogP contribution >= 0.6 is 0 Å². The third kappa shape index (κ3) is 8.81. The quantitative estimate of drug-likeness (QED) is 0.279. The van der Waals surface area contributed by atoms with Crippen molar-refractivity contribution in [1.29, 1.82) is 0 Å². The van der Waals surface area contributed by atoms with E-state index < -0.39 is 11.2 Å². The van der Waals surface area contributed by atoms with E-state index >= 15 is 0 Å². The minimum atomic E-state index is -0.514. The number of rotatable bonds is 5. The fourth-order valence-corrected chi connectivity index (χ4v) is 10.8. The lowest BCUT2D eigenvalue weighted by molar-refractivity contribution is -0.00490. The fraction of sp³-hybridized carbons (Fsp3) is 0.818. The van der Waals surface area contributed by atoms with Crippen molar-refractivity contribution >= 4 is 12.2 Å². The maximum Gasteiger partial charge on any atom is 0.410 e. The summed E-state index contributed by atoms with van der Waals surface area (Å²) in [6, 6.07) is 0. The van der Waals surface area contributed by atoms with Gasteiger partial charge in [-0.2, -0.15) is 10.2 Å². The van der Waals surface area contributed by atoms with E-state index in [1.807, 2.05) is 41.5 Å². The van der Waals surface area contributed by atoms with Crippen molar-refractivity contribution in [2.45, 2.75) is 206 Å². The predicted octanol–water partition coefficient (Wildman–Crippen LogP) is 7.84. The Morgan fingerprint density at radius 2 is 1.21 bits per heavy atom. The summed E-state index contributed by atoms with van der Waals surface area (Å²) < 4.78 is 15.5. The van der Waals surface area contributed by atoms with Crippen LogP contribution in [0.4, 0.5) is 9.59 Å². The minimum Gasteiger partial charge on any atom is -0.444 e. The Balaban J connectivity index is 0.000000193. The van der Waals surface area contributed by atoms with Gasteiger partial charge in [-0.15, -0.1) is 0 Å². The van der Waals surface area contributed by atoms with Gasteiger partial charge in [-0.25, -0.2) is 9.59 Å². The van der Waals surface area contributed by atoms with Crippen LogP contribution in [0.5, 0.6) is 0 Å². The number of nitrogens with zero attached hydrogens (tertiary/aromatic N) is 5. The lowest BCUT2D eigenvalue weighted by atomic mass is 9.57. The van der Waals surface area contributed by atoms with Crippen LogP contribution in [0.15, 0.2) is 12.4 Å². The van der Waals surface area contributed by atoms with Crippen molar-refractivity contribution in [3.8, 4) is 0 Å². The van der Waals surface area contributed by atoms with Gasteiger partial charge in [0, 0.05) is 78.2 Å². The number of fused-ring (bicyclic) bond motifs is 8. The van der Waals surface area contributed by atoms with E-state index in [9.17, 15) is 9.59 Å². The van der Waals surface area contributed by atoms with E-state index in [1.54, 1.807) is 4.90 Å². The van der Waals surface area contributed by atoms with Gasteiger partial charge in [-0.05, 0) is 129 Å². The summed E-state index contributed by atoms with van der Waals surface area (Å²) in [5.41, 5.74) is 10.9. The molecule has 12 nitrogen and oxygen atoms in total. The number of ether oxygens (including phenoxy) is 2. The van der Waals surface area contributed by atoms with E-state index in [2.05, 4.69) is 60.1 Å². The number of nitrogens with one attached hydrogen (secondary N) is 2. The summed E-state index contributed by atoms with van der Waals surface area (Å²) >= 11 is 0. The topological polar surface area (TPSA) is 142 Å². The van der Waals surface area contributed by atoms with Crippen molar-refractivity contribution in [2.24, 2.45) is 16.6 Å². The minimum absolute atomic E-state index is 0.136. The second-order valence-corrected chi connectivity index (χ2v) is 22.4. The van der Waals surface area contributed by atoms with E-state index in [-0.39, 0.29) is 39.5 Å². The lowest BCUT2D eigenvalue weighted by Crippen LogP contribution is -2.58. The normalized spacial score (nSPS) is 31.4. The van der Waals surface area contributed by atoms with Crippen molar-refractivity contribution in [3.63, 3.8) is 0 Å². The second-order valence-electron chi connectivity index (χ2n) is 22.4. The van der Waals surface area contributed by atoms with E-state index in [1.165, 1.54) is 49.8 Å². The molecule has 0 saturated heterocycles. The molecule has 6 fully saturated rings. The molecule has 2 aliphatic heterocycles. The molecule has 2 aromatic rings. The molecule has 0 atom stereocenters. The number of amides is 2. The maximum absolute atomic E-state index is 12.8. The van der Waals surface area contributed by atoms with Crippen LogP contribution in [0, 0.1) is 10.8 Å². The average molecular weight is 777 g/mol. The maximum atomic E-state index is 12.8. The highest BCUT2D eigenvalue weighted by atomic mass is 16.6. The lowest BCUT2D eigenvalue weighted by Gasteiger charge is -2.53. The van der Waals surface area contributed by atoms with Crippen molar-refractivity contribution in [3.05, 3.63) is 34.9 Å². The molecule has 0 unspecified atom stereocenters. The number of hydrogen-bond acceptors (Lipinski definition) is 8. The summed E-state index contributed by atoms with van der Waals surface area (Å²) in [6.07, 6.45) is 17.5. The van der Waals surface area contributed by atoms with E-state index in [4.69, 9.17) is 25.4 Å². The number of hydrogen-bond donors (Lipinski definition) is 3. The molecule has 312 valence electrons. The molecule has 10 rings (SSSR count). The molecule has 56 heavy (non-hydrogen) atoms. The van der Waals surface area contributed by atoms with Crippen LogP contribution in [-0.2, 0) is 46.5 Å². The van der Waals surface area contributed by atoms with Crippen LogP contribution in [0.2, 0.25) is 0 Å². The molecule has 6 saturated carbocycles. The summed E-state index contributed by atoms with van der Waals surface area (Å²) in [4.78, 5) is 27.0. The molecule has 4 heterocycles. The van der Waals surface area contributed by atoms with Crippen LogP contribution in [0.3, 0.4) is 0 Å². The Labute approximate surface area is 335 Å². The van der Waals surface area contributed by atoms with Gasteiger partial charge in [0.1, 0.15) is 11.2 Å². The van der Waals surface area contributed by atoms with Crippen LogP contribution in [-0.4, -0.2) is 72.0 Å². The molecule has 12 heteroatoms. The molecular formula is C44H72N8O4. The van der Waals surface area contributed by atoms with Crippen molar-refractivity contribution in [1.82, 2.24) is 35.1 Å². The van der Waals surface area contributed by atoms with Gasteiger partial charge in [-0.1, -0.05) is 27.7 Å². The van der Waals surface area contributed by atoms with Gasteiger partial charge >= 0.3 is 12.2 Å². The Hall–Kier alpha value is -3.12. The molecule has 4 bridgehead atoms. The molecule has 2 amide bonds. The smallest absolute Gasteiger partial charge is 0.410 e. The Bertz CT molecular complexity index is 1740. The monoisotopic (exact) mass is 777 g/mol. The standard InChI is InChI=1S/C27H44N4O4.C17H28N4/c1-23(2,3)34-21(32)28-27-12-9-26(10-13-27,11-14-27)18-31-16-19-15-30(22(33)35-24(4,5)6)17-25(7,8)20(19)29-31;1-15(2)11-19-9-13-10-21(20-14(13)15)12-16-3-6-17(18,7-4-16)8-5-16/h16H,9-15,17-18H2,1-8H3,(H,28,32);10,19H,3-9,11-12,18H2,1-2H3. The van der Waals surface area contributed by atoms with Crippen molar-refractivity contribution < 1.29 is 19.1 Å². The third-order valence-electron chi connectivity index (χ3n) is 14.1. The molecule has 6 aliphatic carbocycles. The second kappa shape index (κ2) is 14.0. The highest BCUT2D eigenvalue weighted by Crippen LogP contribution is 2.54. The summed E-state index contributed by atoms with van der Waals surface area (Å²) in [5.74, 6) is 0. The first-order valence-corrected chi connectivity index (χ1v) is 21.5. The van der Waals surface area contributed by atoms with Crippen LogP contribution < -0.4 is 16.4 Å². The first-order valence-electron chi connectivity index (χ1n) is 21.5. The third-order valence-corrected chi connectivity index (χ3v) is 14.1. The first-order chi connectivity index (χ1) is 25.9. The average Bonchev–Trinajstić information content (AvgIpc) is 3.69. The van der Waals surface area contributed by atoms with Gasteiger partial charge < -0.3 is 30.7 Å². The zero-order valence-corrected chi connectivity index (χ0v) is 36.3. The fourth-order valence-electron chi connectivity index (χ4n) is 10.8. The molecule has 0 aromatic carbocycles. The van der Waals surface area contributed by atoms with E-state index in [0.29, 0.717) is 18.5 Å². The Morgan fingerprint density at radius 1 is 0.732 bits per heavy atom. The summed E-state index contributed by atoms with van der Waals surface area (Å²) in [7, 11) is 0. The number of carbonyl (C=O) groups excluding carboxylic acids is 2. The largest absolute Gasteiger partial charge is 0.444 e. The number of alkyl carbamates (subject to hydrolysis) is 1. The predicted molar refractivity (Wildman–Crippen MR) is 218 cm³/mol. The van der Waals surface area contributed by atoms with Gasteiger partial charge in [0.05, 0.1) is 17.9 Å². The Kier molecular flexibility index (Phi) is 10.3. The van der Waals surface area contributed by atoms with Gasteiger partial charge in [0.15, 0.2) is 0 Å². The molecule has 4 N–H and O–H groups in total. The first kappa shape index (κ1) is 41.1. The highest BCUT2D eigenvalue weighted by molar-refractivity contribution is 5.69. The van der Waals surface area contributed by atoms with Crippen LogP contribution in [0.25, 0.3) is 0 Å². The highest BCUT2D eigenvalue weighted by Gasteiger charge is 2.51. The van der Waals surface area contributed by atoms with Gasteiger partial charge in [0.25, 0.3) is 0 Å². The van der Waals surface area contributed by atoms with E-state index in [0.717, 1.165) is 76.0 Å². The molecule has 0 spiro atoms. The van der Waals surface area contributed by atoms with Gasteiger partial charge in [0.2, 0.25) is 0 Å². The van der Waals surface area contributed by atoms with Crippen LogP contribution in [0.1, 0.15) is 169 Å². The Morgan fingerprint density at radius 3 is 1.71 bits per heavy atom. The molecular weight excluding hydrogens is 705 g/mol. The SMILES string of the molecule is CC(C)(C)OC(=O)NC12CCC(Cn3cc4c(n3)C(C)(C)CN(C(=O)OC(C)(C)C)C4)(CC1)CC2.CC1(C)CNCc2cn(CC34CCC(N)(CC3)CC4)nc21. The zero-order chi connectivity index (χ0) is 40.6. The van der Waals surface area contributed by atoms with Crippen molar-refractivity contribution in [2.75, 3.05) is 13.1 Å². The number of aromatic nitrogens is 4. The number of carbonyl (C=O) groups is 2. The molecule has 8 aliphatic rings. The summed E-state index contributed by atoms with van der Waals surface area (Å²) in [6.45, 7) is 25.4. The molecule has 0 radical (unpaired) electrons. The van der Waals surface area contributed by atoms with Gasteiger partial charge in [-0.3, -0.25) is 9.36 Å². The molecule has 2 aromatic heterocycles. The number of nitrogens with two attached hydrogens (primary N) is 1.